The van der Waals surface area contributed by atoms with Gasteiger partial charge in [0.05, 0.1) is 11.2 Å². The first-order valence-corrected chi connectivity index (χ1v) is 14.3. The average molecular weight is 466 g/mol. The Morgan fingerprint density at radius 2 is 1.77 bits per heavy atom. The molecule has 1 unspecified atom stereocenters. The minimum Gasteiger partial charge on any atom is -0.359 e. The monoisotopic (exact) mass is 465 g/mol. The molecule has 3 saturated carbocycles. The predicted molar refractivity (Wildman–Crippen MR) is 143 cm³/mol. The van der Waals surface area contributed by atoms with Gasteiger partial charge in [-0.05, 0) is 116 Å². The van der Waals surface area contributed by atoms with Gasteiger partial charge in [-0.1, -0.05) is 61.5 Å². The Bertz CT molecular complexity index is 1270. The van der Waals surface area contributed by atoms with Gasteiger partial charge in [-0.25, -0.2) is 0 Å². The molecule has 0 N–H and O–H groups in total. The summed E-state index contributed by atoms with van der Waals surface area (Å²) in [5, 5.41) is 2.74. The zero-order chi connectivity index (χ0) is 23.4. The van der Waals surface area contributed by atoms with Crippen LogP contribution >= 0.6 is 0 Å². The quantitative estimate of drug-likeness (QED) is 0.464. The normalized spacial score (nSPS) is 41.9. The maximum absolute atomic E-state index is 7.53. The Morgan fingerprint density at radius 1 is 0.914 bits per heavy atom. The summed E-state index contributed by atoms with van der Waals surface area (Å²) < 4.78 is 7.53. The number of hydrogen-bond acceptors (Lipinski definition) is 2. The lowest BCUT2D eigenvalue weighted by Gasteiger charge is -2.55. The fraction of sp³-hybridized carbons (Fsp3) is 0.576. The first kappa shape index (κ1) is 21.2. The summed E-state index contributed by atoms with van der Waals surface area (Å²) in [5.41, 5.74) is 4.98. The van der Waals surface area contributed by atoms with Crippen LogP contribution in [0, 0.1) is 11.3 Å². The van der Waals surface area contributed by atoms with Crippen molar-refractivity contribution in [2.45, 2.75) is 100 Å². The van der Waals surface area contributed by atoms with E-state index in [-0.39, 0.29) is 16.6 Å². The van der Waals surface area contributed by atoms with Gasteiger partial charge >= 0.3 is 0 Å². The molecule has 2 heterocycles. The van der Waals surface area contributed by atoms with Gasteiger partial charge in [-0.2, -0.15) is 0 Å². The lowest BCUT2D eigenvalue weighted by atomic mass is 9.58. The molecule has 2 aromatic carbocycles. The van der Waals surface area contributed by atoms with Crippen LogP contribution in [0.3, 0.4) is 0 Å². The second-order valence-electron chi connectivity index (χ2n) is 13.1. The third-order valence-corrected chi connectivity index (χ3v) is 11.5. The van der Waals surface area contributed by atoms with Crippen LogP contribution < -0.4 is 0 Å². The highest BCUT2D eigenvalue weighted by molar-refractivity contribution is 5.83. The maximum Gasteiger partial charge on any atom is 0.0974 e. The van der Waals surface area contributed by atoms with Crippen LogP contribution in [-0.2, 0) is 4.74 Å². The molecule has 8 rings (SSSR count). The van der Waals surface area contributed by atoms with Crippen LogP contribution in [0.15, 0.2) is 65.8 Å². The Balaban J connectivity index is 1.15. The van der Waals surface area contributed by atoms with Gasteiger partial charge < -0.3 is 9.64 Å². The summed E-state index contributed by atoms with van der Waals surface area (Å²) in [6, 6.07) is 17.6. The van der Waals surface area contributed by atoms with Gasteiger partial charge in [0.2, 0.25) is 0 Å². The molecule has 4 fully saturated rings. The first-order valence-electron chi connectivity index (χ1n) is 14.3. The van der Waals surface area contributed by atoms with Crippen molar-refractivity contribution in [1.82, 2.24) is 4.90 Å². The molecule has 2 aliphatic heterocycles. The third-order valence-electron chi connectivity index (χ3n) is 11.5. The highest BCUT2D eigenvalue weighted by Gasteiger charge is 2.66. The van der Waals surface area contributed by atoms with Crippen LogP contribution in [0.2, 0.25) is 0 Å². The highest BCUT2D eigenvalue weighted by atomic mass is 16.5. The van der Waals surface area contributed by atoms with Crippen LogP contribution in [0.5, 0.6) is 0 Å². The van der Waals surface area contributed by atoms with Crippen molar-refractivity contribution >= 4 is 10.8 Å². The molecular weight excluding hydrogens is 426 g/mol. The summed E-state index contributed by atoms with van der Waals surface area (Å²) in [4.78, 5) is 2.71. The summed E-state index contributed by atoms with van der Waals surface area (Å²) in [6.07, 6.45) is 18.1. The standard InChI is InChI=1S/C33H39NO/c1-31-16-15-26-20-25-9-10-28(34(2)27-11-12-27)21-32(25)17-18-33(26,35-32)30(31)14-13-29(31)24-8-7-22-5-3-4-6-23(22)19-24/h3-8,15,19-20,27-30H,9-14,16-18,21H2,1-2H3/t28-,29+,30+,31+,32?,33+/m0/s1. The molecule has 0 aromatic heterocycles. The van der Waals surface area contributed by atoms with Gasteiger partial charge in [0.15, 0.2) is 0 Å². The molecule has 182 valence electrons. The fourth-order valence-electron chi connectivity index (χ4n) is 9.48. The summed E-state index contributed by atoms with van der Waals surface area (Å²) >= 11 is 0. The molecule has 35 heavy (non-hydrogen) atoms. The van der Waals surface area contributed by atoms with E-state index in [0.29, 0.717) is 17.9 Å². The van der Waals surface area contributed by atoms with Crippen molar-refractivity contribution in [2.75, 3.05) is 7.05 Å². The fourth-order valence-corrected chi connectivity index (χ4v) is 9.48. The molecule has 0 amide bonds. The number of nitrogens with zero attached hydrogens (tertiary/aromatic N) is 1. The van der Waals surface area contributed by atoms with E-state index in [1.165, 1.54) is 75.0 Å². The van der Waals surface area contributed by atoms with Gasteiger partial charge in [0.25, 0.3) is 0 Å². The topological polar surface area (TPSA) is 12.5 Å². The predicted octanol–water partition coefficient (Wildman–Crippen LogP) is 7.54. The van der Waals surface area contributed by atoms with Crippen molar-refractivity contribution in [3.05, 3.63) is 71.3 Å². The summed E-state index contributed by atoms with van der Waals surface area (Å²) in [7, 11) is 2.38. The Labute approximate surface area is 210 Å². The Hall–Kier alpha value is -1.90. The number of benzene rings is 2. The molecule has 0 radical (unpaired) electrons. The molecule has 2 nitrogen and oxygen atoms in total. The van der Waals surface area contributed by atoms with Crippen LogP contribution in [0.25, 0.3) is 10.8 Å². The van der Waals surface area contributed by atoms with Crippen molar-refractivity contribution in [3.63, 3.8) is 0 Å². The lowest BCUT2D eigenvalue weighted by molar-refractivity contribution is -0.140. The van der Waals surface area contributed by atoms with Gasteiger partial charge in [0.1, 0.15) is 0 Å². The van der Waals surface area contributed by atoms with E-state index in [0.717, 1.165) is 6.04 Å². The van der Waals surface area contributed by atoms with E-state index in [4.69, 9.17) is 4.74 Å². The molecule has 6 atom stereocenters. The van der Waals surface area contributed by atoms with Crippen LogP contribution in [0.4, 0.5) is 0 Å². The third kappa shape index (κ3) is 2.85. The molecule has 6 aliphatic rings. The molecule has 2 bridgehead atoms. The number of rotatable bonds is 3. The minimum absolute atomic E-state index is 0.0166. The van der Waals surface area contributed by atoms with Crippen LogP contribution in [-0.4, -0.2) is 35.2 Å². The lowest BCUT2D eigenvalue weighted by Crippen LogP contribution is -2.55. The SMILES string of the molecule is CN(C1CC1)[C@H]1CCC2=CC3=CC[C@]4(C)[C@@H](c5ccc6ccccc6c5)CC[C@H]4[C@@]34CCC2(C1)O4. The molecular formula is C33H39NO. The Morgan fingerprint density at radius 3 is 2.63 bits per heavy atom. The molecule has 2 spiro atoms. The average Bonchev–Trinajstić information content (AvgIpc) is 3.60. The second-order valence-corrected chi connectivity index (χ2v) is 13.1. The van der Waals surface area contributed by atoms with Gasteiger partial charge in [-0.15, -0.1) is 0 Å². The van der Waals surface area contributed by atoms with Crippen molar-refractivity contribution < 1.29 is 4.74 Å². The minimum atomic E-state index is -0.0395. The summed E-state index contributed by atoms with van der Waals surface area (Å²) in [5.74, 6) is 1.25. The molecule has 4 aliphatic carbocycles. The van der Waals surface area contributed by atoms with Gasteiger partial charge in [-0.3, -0.25) is 0 Å². The summed E-state index contributed by atoms with van der Waals surface area (Å²) in [6.45, 7) is 2.60. The van der Waals surface area contributed by atoms with E-state index < -0.39 is 0 Å². The zero-order valence-corrected chi connectivity index (χ0v) is 21.4. The highest BCUT2D eigenvalue weighted by Crippen LogP contribution is 2.69. The smallest absolute Gasteiger partial charge is 0.0974 e. The van der Waals surface area contributed by atoms with Gasteiger partial charge in [0, 0.05) is 12.1 Å². The molecule has 1 saturated heterocycles. The van der Waals surface area contributed by atoms with E-state index in [1.807, 2.05) is 0 Å². The van der Waals surface area contributed by atoms with Crippen LogP contribution in [0.1, 0.15) is 82.6 Å². The van der Waals surface area contributed by atoms with E-state index >= 15 is 0 Å². The van der Waals surface area contributed by atoms with E-state index in [9.17, 15) is 0 Å². The molecule has 2 aromatic rings. The maximum atomic E-state index is 7.53. The number of ether oxygens (including phenoxy) is 1. The largest absolute Gasteiger partial charge is 0.359 e. The molecule has 2 heteroatoms. The van der Waals surface area contributed by atoms with Crippen molar-refractivity contribution in [1.29, 1.82) is 0 Å². The number of hydrogen-bond donors (Lipinski definition) is 0. The first-order chi connectivity index (χ1) is 17.0. The zero-order valence-electron chi connectivity index (χ0n) is 21.4. The van der Waals surface area contributed by atoms with E-state index in [1.54, 1.807) is 16.7 Å². The van der Waals surface area contributed by atoms with Crippen molar-refractivity contribution in [2.24, 2.45) is 11.3 Å². The Kier molecular flexibility index (Phi) is 4.31. The second kappa shape index (κ2) is 7.11. The number of fused-ring (bicyclic) bond motifs is 2. The number of allylic oxidation sites excluding steroid dienone is 1. The van der Waals surface area contributed by atoms with E-state index in [2.05, 4.69) is 73.5 Å². The van der Waals surface area contributed by atoms with Crippen molar-refractivity contribution in [3.8, 4) is 0 Å².